The summed E-state index contributed by atoms with van der Waals surface area (Å²) in [6.07, 6.45) is 5.65. The molecule has 0 bridgehead atoms. The molecule has 3 aromatic heterocycles. The molecular formula is C35H39FN8O4. The van der Waals surface area contributed by atoms with Crippen molar-refractivity contribution >= 4 is 28.3 Å². The van der Waals surface area contributed by atoms with Gasteiger partial charge in [-0.1, -0.05) is 26.8 Å². The molecule has 1 fully saturated rings. The molecule has 1 saturated heterocycles. The lowest BCUT2D eigenvalue weighted by Crippen LogP contribution is -2.48. The average molecular weight is 655 g/mol. The third kappa shape index (κ3) is 6.51. The van der Waals surface area contributed by atoms with Crippen molar-refractivity contribution in [3.8, 4) is 17.1 Å². The third-order valence-corrected chi connectivity index (χ3v) is 8.37. The minimum Gasteiger partial charge on any atom is -0.485 e. The SMILES string of the molecule is CC(C)(CN1CCC1)Oc1ccc(Nc2nn(-c3cccc(-n4ncc5cc(C(C)(C)C)cc(F)c5c4=O)c3CO)cc2C(N)=O)nc1. The van der Waals surface area contributed by atoms with E-state index in [1.165, 1.54) is 29.6 Å². The van der Waals surface area contributed by atoms with E-state index in [2.05, 4.69) is 25.4 Å². The molecule has 0 atom stereocenters. The number of fused-ring (bicyclic) bond motifs is 1. The summed E-state index contributed by atoms with van der Waals surface area (Å²) in [6.45, 7) is 12.4. The van der Waals surface area contributed by atoms with Crippen LogP contribution in [-0.4, -0.2) is 65.7 Å². The fourth-order valence-corrected chi connectivity index (χ4v) is 5.81. The fourth-order valence-electron chi connectivity index (χ4n) is 5.81. The third-order valence-electron chi connectivity index (χ3n) is 8.37. The van der Waals surface area contributed by atoms with Crippen LogP contribution in [-0.2, 0) is 12.0 Å². The number of ether oxygens (including phenoxy) is 1. The number of likely N-dealkylation sites (tertiary alicyclic amines) is 1. The van der Waals surface area contributed by atoms with Gasteiger partial charge in [-0.15, -0.1) is 5.10 Å². The van der Waals surface area contributed by atoms with Crippen LogP contribution in [0.1, 0.15) is 62.5 Å². The number of carbonyl (C=O) groups excluding carboxylic acids is 1. The number of hydrogen-bond donors (Lipinski definition) is 3. The molecule has 250 valence electrons. The zero-order valence-electron chi connectivity index (χ0n) is 27.6. The summed E-state index contributed by atoms with van der Waals surface area (Å²) in [5.41, 5.74) is 5.94. The zero-order valence-corrected chi connectivity index (χ0v) is 27.6. The van der Waals surface area contributed by atoms with Crippen LogP contribution in [0.4, 0.5) is 16.0 Å². The second kappa shape index (κ2) is 12.5. The van der Waals surface area contributed by atoms with Crippen molar-refractivity contribution in [3.05, 3.63) is 93.9 Å². The maximum absolute atomic E-state index is 15.3. The zero-order chi connectivity index (χ0) is 34.4. The van der Waals surface area contributed by atoms with Gasteiger partial charge in [0.25, 0.3) is 11.5 Å². The van der Waals surface area contributed by atoms with Gasteiger partial charge in [-0.2, -0.15) is 9.78 Å². The lowest BCUT2D eigenvalue weighted by atomic mass is 9.86. The topological polar surface area (TPSA) is 153 Å². The first-order valence-corrected chi connectivity index (χ1v) is 15.7. The molecule has 0 saturated carbocycles. The van der Waals surface area contributed by atoms with Crippen LogP contribution in [0.5, 0.6) is 5.75 Å². The van der Waals surface area contributed by atoms with Crippen LogP contribution in [0, 0.1) is 5.82 Å². The second-order valence-electron chi connectivity index (χ2n) is 13.7. The van der Waals surface area contributed by atoms with Gasteiger partial charge in [0.1, 0.15) is 28.5 Å². The number of anilines is 2. The van der Waals surface area contributed by atoms with E-state index < -0.39 is 29.5 Å². The lowest BCUT2D eigenvalue weighted by Gasteiger charge is -2.38. The summed E-state index contributed by atoms with van der Waals surface area (Å²) in [4.78, 5) is 32.8. The quantitative estimate of drug-likeness (QED) is 0.196. The van der Waals surface area contributed by atoms with Crippen LogP contribution < -0.4 is 21.3 Å². The van der Waals surface area contributed by atoms with E-state index in [0.29, 0.717) is 22.6 Å². The maximum atomic E-state index is 15.3. The number of rotatable bonds is 10. The molecule has 4 heterocycles. The van der Waals surface area contributed by atoms with E-state index in [0.717, 1.165) is 29.9 Å². The molecule has 0 spiro atoms. The number of primary amides is 1. The Hall–Kier alpha value is -5.14. The maximum Gasteiger partial charge on any atom is 0.282 e. The number of carbonyl (C=O) groups is 1. The standard InChI is InChI=1S/C35H39FN8O4/c1-34(2,3)22-14-21-16-39-44(33(47)30(21)26(36)15-22)28-9-6-8-27(25(28)19-45)43-18-24(31(37)46)32(41-43)40-29-11-10-23(17-38-29)48-35(4,5)20-42-12-7-13-42/h6,8-11,14-18,45H,7,12-13,19-20H2,1-5H3,(H2,37,46)(H,38,40,41). The van der Waals surface area contributed by atoms with Gasteiger partial charge < -0.3 is 20.9 Å². The Morgan fingerprint density at radius 3 is 2.46 bits per heavy atom. The van der Waals surface area contributed by atoms with Gasteiger partial charge >= 0.3 is 0 Å². The molecule has 0 aliphatic carbocycles. The predicted molar refractivity (Wildman–Crippen MR) is 181 cm³/mol. The van der Waals surface area contributed by atoms with Crippen molar-refractivity contribution in [1.82, 2.24) is 29.4 Å². The molecule has 2 aromatic carbocycles. The summed E-state index contributed by atoms with van der Waals surface area (Å²) in [7, 11) is 0. The second-order valence-corrected chi connectivity index (χ2v) is 13.7. The van der Waals surface area contributed by atoms with Crippen LogP contribution in [0.15, 0.2) is 65.8 Å². The Bertz CT molecular complexity index is 2060. The highest BCUT2D eigenvalue weighted by molar-refractivity contribution is 5.98. The number of nitrogens with zero attached hydrogens (tertiary/aromatic N) is 6. The van der Waals surface area contributed by atoms with Crippen LogP contribution >= 0.6 is 0 Å². The van der Waals surface area contributed by atoms with Gasteiger partial charge in [0.15, 0.2) is 5.82 Å². The number of nitrogens with one attached hydrogen (secondary N) is 1. The number of aromatic nitrogens is 5. The normalized spacial score (nSPS) is 13.8. The van der Waals surface area contributed by atoms with Crippen LogP contribution in [0.2, 0.25) is 0 Å². The van der Waals surface area contributed by atoms with Gasteiger partial charge in [-0.05, 0) is 80.7 Å². The van der Waals surface area contributed by atoms with Gasteiger partial charge in [-0.3, -0.25) is 14.5 Å². The monoisotopic (exact) mass is 654 g/mol. The molecule has 6 rings (SSSR count). The highest BCUT2D eigenvalue weighted by atomic mass is 19.1. The fraction of sp³-hybridized carbons (Fsp3) is 0.343. The average Bonchev–Trinajstić information content (AvgIpc) is 3.43. The first kappa shape index (κ1) is 32.8. The number of nitrogens with two attached hydrogens (primary N) is 1. The van der Waals surface area contributed by atoms with E-state index >= 15 is 4.39 Å². The number of aliphatic hydroxyl groups is 1. The Labute approximate surface area is 277 Å². The number of amides is 1. The molecule has 0 unspecified atom stereocenters. The van der Waals surface area contributed by atoms with E-state index in [1.807, 2.05) is 34.6 Å². The first-order chi connectivity index (χ1) is 22.7. The van der Waals surface area contributed by atoms with Crippen molar-refractivity contribution in [2.75, 3.05) is 25.0 Å². The van der Waals surface area contributed by atoms with E-state index in [1.54, 1.807) is 42.6 Å². The molecule has 0 radical (unpaired) electrons. The Kier molecular flexibility index (Phi) is 8.52. The van der Waals surface area contributed by atoms with Gasteiger partial charge in [0.05, 0.1) is 35.8 Å². The Balaban J connectivity index is 1.31. The first-order valence-electron chi connectivity index (χ1n) is 15.7. The van der Waals surface area contributed by atoms with Crippen molar-refractivity contribution in [3.63, 3.8) is 0 Å². The molecule has 1 aliphatic heterocycles. The summed E-state index contributed by atoms with van der Waals surface area (Å²) >= 11 is 0. The van der Waals surface area contributed by atoms with Crippen molar-refractivity contribution in [2.45, 2.75) is 58.7 Å². The number of pyridine rings is 1. The van der Waals surface area contributed by atoms with Crippen LogP contribution in [0.3, 0.4) is 0 Å². The van der Waals surface area contributed by atoms with Crippen molar-refractivity contribution in [2.24, 2.45) is 5.73 Å². The van der Waals surface area contributed by atoms with Crippen molar-refractivity contribution < 1.29 is 19.0 Å². The van der Waals surface area contributed by atoms with E-state index in [4.69, 9.17) is 10.5 Å². The molecule has 4 N–H and O–H groups in total. The van der Waals surface area contributed by atoms with Crippen LogP contribution in [0.25, 0.3) is 22.1 Å². The largest absolute Gasteiger partial charge is 0.485 e. The highest BCUT2D eigenvalue weighted by Crippen LogP contribution is 2.29. The molecule has 1 aliphatic rings. The van der Waals surface area contributed by atoms with E-state index in [-0.39, 0.29) is 33.4 Å². The van der Waals surface area contributed by atoms with E-state index in [9.17, 15) is 14.7 Å². The molecule has 12 nitrogen and oxygen atoms in total. The number of hydrogen-bond acceptors (Lipinski definition) is 9. The lowest BCUT2D eigenvalue weighted by molar-refractivity contribution is 0.0350. The number of halogens is 1. The molecular weight excluding hydrogens is 615 g/mol. The minimum atomic E-state index is -0.740. The number of benzene rings is 2. The molecule has 13 heteroatoms. The summed E-state index contributed by atoms with van der Waals surface area (Å²) in [5, 5.41) is 22.7. The minimum absolute atomic E-state index is 0.0693. The highest BCUT2D eigenvalue weighted by Gasteiger charge is 2.27. The number of aliphatic hydroxyl groups excluding tert-OH is 1. The van der Waals surface area contributed by atoms with Gasteiger partial charge in [0.2, 0.25) is 0 Å². The molecule has 1 amide bonds. The van der Waals surface area contributed by atoms with Crippen molar-refractivity contribution in [1.29, 1.82) is 0 Å². The summed E-state index contributed by atoms with van der Waals surface area (Å²) in [5.74, 6) is -0.263. The molecule has 5 aromatic rings. The summed E-state index contributed by atoms with van der Waals surface area (Å²) in [6, 6.07) is 11.5. The Morgan fingerprint density at radius 1 is 1.08 bits per heavy atom. The predicted octanol–water partition coefficient (Wildman–Crippen LogP) is 4.60. The Morgan fingerprint density at radius 2 is 1.83 bits per heavy atom. The summed E-state index contributed by atoms with van der Waals surface area (Å²) < 4.78 is 23.9. The van der Waals surface area contributed by atoms with Gasteiger partial charge in [-0.25, -0.2) is 14.1 Å². The molecule has 48 heavy (non-hydrogen) atoms. The smallest absolute Gasteiger partial charge is 0.282 e. The van der Waals surface area contributed by atoms with Gasteiger partial charge in [0, 0.05) is 23.7 Å².